The number of hydrogen-bond acceptors (Lipinski definition) is 2. The van der Waals surface area contributed by atoms with Crippen LogP contribution in [-0.2, 0) is 0 Å². The maximum atomic E-state index is 12.6. The third-order valence-corrected chi connectivity index (χ3v) is 2.77. The van der Waals surface area contributed by atoms with E-state index in [0.717, 1.165) is 0 Å². The van der Waals surface area contributed by atoms with Crippen LogP contribution < -0.4 is 4.74 Å². The van der Waals surface area contributed by atoms with E-state index in [0.29, 0.717) is 0 Å². The molecule has 1 N–H and O–H groups in total. The summed E-state index contributed by atoms with van der Waals surface area (Å²) in [5.74, 6) is -3.61. The van der Waals surface area contributed by atoms with Gasteiger partial charge in [-0.15, -0.1) is 0 Å². The lowest BCUT2D eigenvalue weighted by atomic mass is 9.82. The summed E-state index contributed by atoms with van der Waals surface area (Å²) < 4.78 is 30.4. The lowest BCUT2D eigenvalue weighted by Gasteiger charge is -2.34. The van der Waals surface area contributed by atoms with Gasteiger partial charge in [0.25, 0.3) is 0 Å². The quantitative estimate of drug-likeness (QED) is 0.883. The topological polar surface area (TPSA) is 46.5 Å². The first-order valence-corrected chi connectivity index (χ1v) is 5.31. The molecule has 92 valence electrons. The molecule has 0 spiro atoms. The molecule has 3 nitrogen and oxygen atoms in total. The number of ether oxygens (including phenoxy) is 1. The number of benzene rings is 1. The van der Waals surface area contributed by atoms with Gasteiger partial charge < -0.3 is 9.84 Å². The average Bonchev–Trinajstić information content (AvgIpc) is 2.23. The van der Waals surface area contributed by atoms with E-state index in [9.17, 15) is 13.6 Å². The van der Waals surface area contributed by atoms with Gasteiger partial charge in [0.2, 0.25) is 5.92 Å². The molecular formula is C12H12F2O3. The van der Waals surface area contributed by atoms with Crippen molar-refractivity contribution < 1.29 is 23.4 Å². The summed E-state index contributed by atoms with van der Waals surface area (Å²) >= 11 is 0. The second-order valence-corrected chi connectivity index (χ2v) is 4.24. The molecule has 0 atom stereocenters. The number of halogens is 2. The molecule has 1 aromatic rings. The molecule has 0 amide bonds. The fourth-order valence-electron chi connectivity index (χ4n) is 1.88. The van der Waals surface area contributed by atoms with E-state index >= 15 is 0 Å². The third-order valence-electron chi connectivity index (χ3n) is 2.77. The van der Waals surface area contributed by atoms with Gasteiger partial charge >= 0.3 is 5.97 Å². The van der Waals surface area contributed by atoms with Crippen molar-refractivity contribution in [3.8, 4) is 5.75 Å². The summed E-state index contributed by atoms with van der Waals surface area (Å²) in [6, 6.07) is 6.19. The zero-order chi connectivity index (χ0) is 12.5. The van der Waals surface area contributed by atoms with E-state index in [2.05, 4.69) is 0 Å². The van der Waals surface area contributed by atoms with E-state index in [4.69, 9.17) is 9.84 Å². The zero-order valence-corrected chi connectivity index (χ0v) is 9.03. The zero-order valence-electron chi connectivity index (χ0n) is 9.03. The molecular weight excluding hydrogens is 230 g/mol. The SMILES string of the molecule is O=C(O)c1ccccc1OCC1CC(F)(F)C1. The minimum absolute atomic E-state index is 0.0542. The first-order valence-electron chi connectivity index (χ1n) is 5.31. The highest BCUT2D eigenvalue weighted by Crippen LogP contribution is 2.42. The van der Waals surface area contributed by atoms with Gasteiger partial charge in [0, 0.05) is 18.8 Å². The van der Waals surface area contributed by atoms with Crippen LogP contribution in [0.2, 0.25) is 0 Å². The fraction of sp³-hybridized carbons (Fsp3) is 0.417. The van der Waals surface area contributed by atoms with Crippen LogP contribution in [0.3, 0.4) is 0 Å². The van der Waals surface area contributed by atoms with Gasteiger partial charge in [0.1, 0.15) is 11.3 Å². The van der Waals surface area contributed by atoms with Crippen LogP contribution in [0.25, 0.3) is 0 Å². The Kier molecular flexibility index (Phi) is 3.00. The molecule has 0 aromatic heterocycles. The summed E-state index contributed by atoms with van der Waals surface area (Å²) in [6.07, 6.45) is -0.357. The molecule has 0 heterocycles. The van der Waals surface area contributed by atoms with Crippen LogP contribution in [-0.4, -0.2) is 23.6 Å². The normalized spacial score (nSPS) is 18.5. The Morgan fingerprint density at radius 3 is 2.65 bits per heavy atom. The second-order valence-electron chi connectivity index (χ2n) is 4.24. The van der Waals surface area contributed by atoms with Crippen molar-refractivity contribution in [2.24, 2.45) is 5.92 Å². The van der Waals surface area contributed by atoms with Gasteiger partial charge in [0.15, 0.2) is 0 Å². The van der Waals surface area contributed by atoms with Crippen LogP contribution in [0.4, 0.5) is 8.78 Å². The number of carbonyl (C=O) groups is 1. The minimum Gasteiger partial charge on any atom is -0.492 e. The van der Waals surface area contributed by atoms with Crippen LogP contribution in [0.1, 0.15) is 23.2 Å². The highest BCUT2D eigenvalue weighted by molar-refractivity contribution is 5.90. The van der Waals surface area contributed by atoms with Crippen LogP contribution >= 0.6 is 0 Å². The van der Waals surface area contributed by atoms with E-state index in [1.54, 1.807) is 12.1 Å². The number of rotatable bonds is 4. The Morgan fingerprint density at radius 1 is 1.41 bits per heavy atom. The number of para-hydroxylation sites is 1. The van der Waals surface area contributed by atoms with Crippen molar-refractivity contribution in [2.45, 2.75) is 18.8 Å². The number of alkyl halides is 2. The van der Waals surface area contributed by atoms with Gasteiger partial charge in [-0.25, -0.2) is 13.6 Å². The Morgan fingerprint density at radius 2 is 2.06 bits per heavy atom. The van der Waals surface area contributed by atoms with E-state index in [-0.39, 0.29) is 36.7 Å². The number of hydrogen-bond donors (Lipinski definition) is 1. The molecule has 1 aliphatic rings. The molecule has 1 fully saturated rings. The highest BCUT2D eigenvalue weighted by atomic mass is 19.3. The first kappa shape index (κ1) is 11.8. The van der Waals surface area contributed by atoms with Gasteiger partial charge in [-0.3, -0.25) is 0 Å². The Hall–Kier alpha value is -1.65. The molecule has 0 saturated heterocycles. The third kappa shape index (κ3) is 2.72. The standard InChI is InChI=1S/C12H12F2O3/c13-12(14)5-8(6-12)7-17-10-4-2-1-3-9(10)11(15)16/h1-4,8H,5-7H2,(H,15,16). The predicted octanol–water partition coefficient (Wildman–Crippen LogP) is 2.81. The fourth-order valence-corrected chi connectivity index (χ4v) is 1.88. The van der Waals surface area contributed by atoms with Gasteiger partial charge in [-0.05, 0) is 12.1 Å². The predicted molar refractivity (Wildman–Crippen MR) is 56.6 cm³/mol. The maximum absolute atomic E-state index is 12.6. The smallest absolute Gasteiger partial charge is 0.339 e. The number of carboxylic acid groups (broad SMARTS) is 1. The average molecular weight is 242 g/mol. The molecule has 1 aromatic carbocycles. The highest BCUT2D eigenvalue weighted by Gasteiger charge is 2.45. The first-order chi connectivity index (χ1) is 7.98. The van der Waals surface area contributed by atoms with Crippen LogP contribution in [0.15, 0.2) is 24.3 Å². The summed E-state index contributed by atoms with van der Waals surface area (Å²) in [6.45, 7) is 0.139. The van der Waals surface area contributed by atoms with Crippen molar-refractivity contribution in [2.75, 3.05) is 6.61 Å². The summed E-state index contributed by atoms with van der Waals surface area (Å²) in [4.78, 5) is 10.9. The molecule has 5 heteroatoms. The summed E-state index contributed by atoms with van der Waals surface area (Å²) in [5.41, 5.74) is 0.0542. The molecule has 0 aliphatic heterocycles. The molecule has 0 unspecified atom stereocenters. The van der Waals surface area contributed by atoms with Crippen LogP contribution in [0.5, 0.6) is 5.75 Å². The molecule has 17 heavy (non-hydrogen) atoms. The van der Waals surface area contributed by atoms with Crippen molar-refractivity contribution in [1.29, 1.82) is 0 Å². The second kappa shape index (κ2) is 4.31. The van der Waals surface area contributed by atoms with Crippen molar-refractivity contribution in [3.63, 3.8) is 0 Å². The molecule has 0 radical (unpaired) electrons. The van der Waals surface area contributed by atoms with Crippen molar-refractivity contribution >= 4 is 5.97 Å². The molecule has 1 aliphatic carbocycles. The summed E-state index contributed by atoms with van der Waals surface area (Å²) in [5, 5.41) is 8.89. The summed E-state index contributed by atoms with van der Waals surface area (Å²) in [7, 11) is 0. The minimum atomic E-state index is -2.57. The van der Waals surface area contributed by atoms with E-state index in [1.165, 1.54) is 12.1 Å². The largest absolute Gasteiger partial charge is 0.492 e. The van der Waals surface area contributed by atoms with Gasteiger partial charge in [0.05, 0.1) is 6.61 Å². The lowest BCUT2D eigenvalue weighted by molar-refractivity contribution is -0.119. The van der Waals surface area contributed by atoms with Gasteiger partial charge in [-0.2, -0.15) is 0 Å². The Balaban J connectivity index is 1.93. The van der Waals surface area contributed by atoms with Crippen molar-refractivity contribution in [3.05, 3.63) is 29.8 Å². The Bertz CT molecular complexity index is 424. The maximum Gasteiger partial charge on any atom is 0.339 e. The van der Waals surface area contributed by atoms with Crippen molar-refractivity contribution in [1.82, 2.24) is 0 Å². The Labute approximate surface area is 97.0 Å². The lowest BCUT2D eigenvalue weighted by Crippen LogP contribution is -2.38. The van der Waals surface area contributed by atoms with E-state index in [1.807, 2.05) is 0 Å². The number of aromatic carboxylic acids is 1. The monoisotopic (exact) mass is 242 g/mol. The van der Waals surface area contributed by atoms with E-state index < -0.39 is 11.9 Å². The van der Waals surface area contributed by atoms with Gasteiger partial charge in [-0.1, -0.05) is 12.1 Å². The molecule has 0 bridgehead atoms. The van der Waals surface area contributed by atoms with Crippen LogP contribution in [0, 0.1) is 5.92 Å². The molecule has 2 rings (SSSR count). The molecule has 1 saturated carbocycles. The number of carboxylic acids is 1.